The molecule has 0 bridgehead atoms. The molecule has 0 unspecified atom stereocenters. The summed E-state index contributed by atoms with van der Waals surface area (Å²) in [6.45, 7) is 0.962. The number of amides is 1. The summed E-state index contributed by atoms with van der Waals surface area (Å²) < 4.78 is 0. The number of nitrogens with one attached hydrogen (secondary N) is 2. The lowest BCUT2D eigenvalue weighted by Gasteiger charge is -2.27. The van der Waals surface area contributed by atoms with E-state index in [0.717, 1.165) is 16.5 Å². The van der Waals surface area contributed by atoms with E-state index < -0.39 is 0 Å². The normalized spacial score (nSPS) is 14.0. The van der Waals surface area contributed by atoms with Crippen molar-refractivity contribution < 1.29 is 4.79 Å². The van der Waals surface area contributed by atoms with E-state index >= 15 is 0 Å². The van der Waals surface area contributed by atoms with Gasteiger partial charge in [0, 0.05) is 29.2 Å². The van der Waals surface area contributed by atoms with Crippen LogP contribution in [0.25, 0.3) is 10.9 Å². The number of hydrogen-bond acceptors (Lipinski definition) is 3. The van der Waals surface area contributed by atoms with E-state index in [2.05, 4.69) is 15.0 Å². The van der Waals surface area contributed by atoms with Crippen molar-refractivity contribution in [3.05, 3.63) is 64.0 Å². The number of fused-ring (bicyclic) bond motifs is 2. The number of rotatable bonds is 2. The number of aromatic nitrogens is 3. The fourth-order valence-corrected chi connectivity index (χ4v) is 3.13. The van der Waals surface area contributed by atoms with Crippen LogP contribution in [0.1, 0.15) is 16.8 Å². The molecule has 1 aromatic carbocycles. The summed E-state index contributed by atoms with van der Waals surface area (Å²) in [7, 11) is 0. The minimum atomic E-state index is -0.0984. The molecule has 1 aliphatic heterocycles. The number of H-pyrrole nitrogens is 2. The molecule has 2 aromatic heterocycles. The highest BCUT2D eigenvalue weighted by Crippen LogP contribution is 2.20. The van der Waals surface area contributed by atoms with E-state index in [0.29, 0.717) is 37.2 Å². The van der Waals surface area contributed by atoms with Crippen molar-refractivity contribution in [2.24, 2.45) is 0 Å². The molecule has 2 N–H and O–H groups in total. The second-order valence-corrected chi connectivity index (χ2v) is 5.76. The molecule has 0 saturated carbocycles. The largest absolute Gasteiger partial charge is 0.361 e. The van der Waals surface area contributed by atoms with Gasteiger partial charge in [-0.25, -0.2) is 4.98 Å². The van der Waals surface area contributed by atoms with Crippen molar-refractivity contribution >= 4 is 16.8 Å². The van der Waals surface area contributed by atoms with Crippen LogP contribution in [0.2, 0.25) is 0 Å². The second kappa shape index (κ2) is 5.39. The van der Waals surface area contributed by atoms with Gasteiger partial charge < -0.3 is 14.9 Å². The minimum Gasteiger partial charge on any atom is -0.361 e. The van der Waals surface area contributed by atoms with Crippen molar-refractivity contribution in [2.75, 3.05) is 6.54 Å². The summed E-state index contributed by atoms with van der Waals surface area (Å²) >= 11 is 0. The van der Waals surface area contributed by atoms with Gasteiger partial charge in [-0.2, -0.15) is 0 Å². The first-order valence-corrected chi connectivity index (χ1v) is 7.60. The van der Waals surface area contributed by atoms with Gasteiger partial charge >= 0.3 is 0 Å². The Morgan fingerprint density at radius 1 is 1.26 bits per heavy atom. The fourth-order valence-electron chi connectivity index (χ4n) is 3.13. The smallest absolute Gasteiger partial charge is 0.254 e. The highest BCUT2D eigenvalue weighted by Gasteiger charge is 2.23. The van der Waals surface area contributed by atoms with Gasteiger partial charge in [-0.3, -0.25) is 9.59 Å². The SMILES string of the molecule is O=C(Cc1c[nH]c2ccccc12)N1CCc2c(nc[nH]c2=O)C1. The lowest BCUT2D eigenvalue weighted by atomic mass is 10.0. The molecule has 0 atom stereocenters. The van der Waals surface area contributed by atoms with Crippen LogP contribution in [-0.4, -0.2) is 32.3 Å². The topological polar surface area (TPSA) is 81.8 Å². The zero-order chi connectivity index (χ0) is 15.8. The molecule has 6 nitrogen and oxygen atoms in total. The summed E-state index contributed by atoms with van der Waals surface area (Å²) in [4.78, 5) is 36.1. The van der Waals surface area contributed by atoms with Crippen LogP contribution >= 0.6 is 0 Å². The first-order valence-electron chi connectivity index (χ1n) is 7.60. The summed E-state index contributed by atoms with van der Waals surface area (Å²) in [5, 5.41) is 1.08. The van der Waals surface area contributed by atoms with Gasteiger partial charge in [0.15, 0.2) is 0 Å². The van der Waals surface area contributed by atoms with Crippen LogP contribution in [0.4, 0.5) is 0 Å². The fraction of sp³-hybridized carbons (Fsp3) is 0.235. The molecule has 116 valence electrons. The predicted molar refractivity (Wildman–Crippen MR) is 86.0 cm³/mol. The van der Waals surface area contributed by atoms with Crippen LogP contribution in [0, 0.1) is 0 Å². The highest BCUT2D eigenvalue weighted by atomic mass is 16.2. The maximum atomic E-state index is 12.6. The third kappa shape index (κ3) is 2.42. The van der Waals surface area contributed by atoms with Crippen molar-refractivity contribution in [2.45, 2.75) is 19.4 Å². The van der Waals surface area contributed by atoms with E-state index in [9.17, 15) is 9.59 Å². The monoisotopic (exact) mass is 308 g/mol. The molecule has 6 heteroatoms. The number of carbonyl (C=O) groups excluding carboxylic acids is 1. The minimum absolute atomic E-state index is 0.0579. The van der Waals surface area contributed by atoms with Crippen molar-refractivity contribution in [3.8, 4) is 0 Å². The summed E-state index contributed by atoms with van der Waals surface area (Å²) in [6, 6.07) is 7.95. The van der Waals surface area contributed by atoms with Crippen molar-refractivity contribution in [3.63, 3.8) is 0 Å². The van der Waals surface area contributed by atoms with E-state index in [1.807, 2.05) is 30.5 Å². The van der Waals surface area contributed by atoms with Gasteiger partial charge in [-0.1, -0.05) is 18.2 Å². The molecule has 0 spiro atoms. The van der Waals surface area contributed by atoms with Gasteiger partial charge in [0.2, 0.25) is 5.91 Å². The maximum absolute atomic E-state index is 12.6. The molecule has 3 aromatic rings. The van der Waals surface area contributed by atoms with Crippen LogP contribution < -0.4 is 5.56 Å². The van der Waals surface area contributed by atoms with Crippen LogP contribution in [0.15, 0.2) is 41.6 Å². The van der Waals surface area contributed by atoms with E-state index in [-0.39, 0.29) is 11.5 Å². The summed E-state index contributed by atoms with van der Waals surface area (Å²) in [5.74, 6) is 0.0579. The standard InChI is InChI=1S/C17H16N4O2/c22-16(7-11-8-18-14-4-2-1-3-12(11)14)21-6-5-13-15(9-21)19-10-20-17(13)23/h1-4,8,10,18H,5-7,9H2,(H,19,20,23). The Kier molecular flexibility index (Phi) is 3.22. The average molecular weight is 308 g/mol. The lowest BCUT2D eigenvalue weighted by molar-refractivity contribution is -0.131. The van der Waals surface area contributed by atoms with Crippen molar-refractivity contribution in [1.29, 1.82) is 0 Å². The van der Waals surface area contributed by atoms with Gasteiger partial charge in [-0.15, -0.1) is 0 Å². The lowest BCUT2D eigenvalue weighted by Crippen LogP contribution is -2.39. The molecule has 3 heterocycles. The Morgan fingerprint density at radius 2 is 2.13 bits per heavy atom. The third-order valence-electron chi connectivity index (χ3n) is 4.38. The Morgan fingerprint density at radius 3 is 3.04 bits per heavy atom. The molecule has 4 rings (SSSR count). The summed E-state index contributed by atoms with van der Waals surface area (Å²) in [5.41, 5.74) is 3.33. The number of aromatic amines is 2. The van der Waals surface area contributed by atoms with E-state index in [4.69, 9.17) is 0 Å². The Bertz CT molecular complexity index is 941. The quantitative estimate of drug-likeness (QED) is 0.750. The number of benzene rings is 1. The molecule has 0 fully saturated rings. The third-order valence-corrected chi connectivity index (χ3v) is 4.38. The number of carbonyl (C=O) groups is 1. The average Bonchev–Trinajstić information content (AvgIpc) is 2.98. The highest BCUT2D eigenvalue weighted by molar-refractivity contribution is 5.88. The first-order chi connectivity index (χ1) is 11.2. The van der Waals surface area contributed by atoms with E-state index in [1.165, 1.54) is 6.33 Å². The number of para-hydroxylation sites is 1. The molecular weight excluding hydrogens is 292 g/mol. The van der Waals surface area contributed by atoms with Gasteiger partial charge in [0.25, 0.3) is 5.56 Å². The molecular formula is C17H16N4O2. The molecule has 0 saturated heterocycles. The Hall–Kier alpha value is -2.89. The van der Waals surface area contributed by atoms with Gasteiger partial charge in [-0.05, 0) is 18.1 Å². The molecule has 1 amide bonds. The number of nitrogens with zero attached hydrogens (tertiary/aromatic N) is 2. The molecule has 1 aliphatic rings. The molecule has 0 aliphatic carbocycles. The zero-order valence-corrected chi connectivity index (χ0v) is 12.5. The van der Waals surface area contributed by atoms with Crippen LogP contribution in [0.5, 0.6) is 0 Å². The zero-order valence-electron chi connectivity index (χ0n) is 12.5. The molecule has 0 radical (unpaired) electrons. The maximum Gasteiger partial charge on any atom is 0.254 e. The summed E-state index contributed by atoms with van der Waals surface area (Å²) in [6.07, 6.45) is 4.19. The van der Waals surface area contributed by atoms with Gasteiger partial charge in [0.1, 0.15) is 0 Å². The molecule has 23 heavy (non-hydrogen) atoms. The number of hydrogen-bond donors (Lipinski definition) is 2. The Labute approximate surface area is 132 Å². The van der Waals surface area contributed by atoms with Crippen molar-refractivity contribution in [1.82, 2.24) is 19.9 Å². The van der Waals surface area contributed by atoms with Gasteiger partial charge in [0.05, 0.1) is 25.0 Å². The second-order valence-electron chi connectivity index (χ2n) is 5.76. The van der Waals surface area contributed by atoms with Crippen LogP contribution in [0.3, 0.4) is 0 Å². The first kappa shape index (κ1) is 13.8. The van der Waals surface area contributed by atoms with E-state index in [1.54, 1.807) is 4.90 Å². The Balaban J connectivity index is 1.55. The van der Waals surface area contributed by atoms with Crippen LogP contribution in [-0.2, 0) is 24.2 Å². The predicted octanol–water partition coefficient (Wildman–Crippen LogP) is 1.38.